The third-order valence-electron chi connectivity index (χ3n) is 11.2. The molecule has 0 aliphatic carbocycles. The molecule has 0 spiro atoms. The van der Waals surface area contributed by atoms with E-state index in [9.17, 15) is 8.42 Å². The van der Waals surface area contributed by atoms with E-state index in [0.29, 0.717) is 35.4 Å². The molecule has 3 aromatic carbocycles. The number of rotatable bonds is 6. The summed E-state index contributed by atoms with van der Waals surface area (Å²) in [4.78, 5) is 14.2. The number of nitrogens with zero attached hydrogens (tertiary/aromatic N) is 8. The first-order valence-electron chi connectivity index (χ1n) is 19.4. The Morgan fingerprint density at radius 3 is 1.75 bits per heavy atom. The number of piperidine rings is 1. The quantitative estimate of drug-likeness (QED) is 0.172. The number of anilines is 2. The van der Waals surface area contributed by atoms with Crippen molar-refractivity contribution < 1.29 is 8.42 Å². The summed E-state index contributed by atoms with van der Waals surface area (Å²) in [5, 5.41) is 17.5. The van der Waals surface area contributed by atoms with Crippen LogP contribution in [0.4, 0.5) is 11.4 Å². The van der Waals surface area contributed by atoms with Gasteiger partial charge in [0.05, 0.1) is 21.8 Å². The highest BCUT2D eigenvalue weighted by Gasteiger charge is 2.26. The zero-order valence-corrected chi connectivity index (χ0v) is 34.9. The maximum absolute atomic E-state index is 11.7. The average molecular weight is 848 g/mol. The molecule has 12 nitrogen and oxygen atoms in total. The third-order valence-corrected chi connectivity index (χ3v) is 12.6. The summed E-state index contributed by atoms with van der Waals surface area (Å²) in [6.07, 6.45) is 15.0. The van der Waals surface area contributed by atoms with Crippen LogP contribution in [0, 0.1) is 0 Å². The molecule has 3 N–H and O–H groups in total. The zero-order chi connectivity index (χ0) is 39.8. The topological polar surface area (TPSA) is 139 Å². The molecule has 0 unspecified atom stereocenters. The van der Waals surface area contributed by atoms with Crippen molar-refractivity contribution >= 4 is 48.6 Å². The number of nitrogens with two attached hydrogens (primary N) is 1. The van der Waals surface area contributed by atoms with Crippen LogP contribution in [0.15, 0.2) is 119 Å². The Balaban J connectivity index is 0.000000168. The van der Waals surface area contributed by atoms with E-state index in [0.717, 1.165) is 51.0 Å². The van der Waals surface area contributed by atoms with Crippen LogP contribution in [0.3, 0.4) is 0 Å². The second kappa shape index (κ2) is 16.0. The van der Waals surface area contributed by atoms with E-state index in [4.69, 9.17) is 5.14 Å². The molecular formula is C43H47BrN10O2S. The lowest BCUT2D eigenvalue weighted by molar-refractivity contribution is 0.414. The van der Waals surface area contributed by atoms with E-state index in [1.807, 2.05) is 35.4 Å². The van der Waals surface area contributed by atoms with Crippen LogP contribution < -0.4 is 20.3 Å². The number of piperazine rings is 1. The summed E-state index contributed by atoms with van der Waals surface area (Å²) in [5.41, 5.74) is 9.68. The summed E-state index contributed by atoms with van der Waals surface area (Å²) >= 11 is 3.46. The fourth-order valence-electron chi connectivity index (χ4n) is 8.29. The summed E-state index contributed by atoms with van der Waals surface area (Å²) in [7, 11) is -3.79. The summed E-state index contributed by atoms with van der Waals surface area (Å²) in [6.45, 7) is 11.1. The van der Waals surface area contributed by atoms with E-state index in [1.165, 1.54) is 36.7 Å². The first-order chi connectivity index (χ1) is 27.4. The molecule has 4 atom stereocenters. The average Bonchev–Trinajstić information content (AvgIpc) is 3.81. The van der Waals surface area contributed by atoms with Crippen LogP contribution in [0.25, 0.3) is 44.7 Å². The fourth-order valence-corrected chi connectivity index (χ4v) is 9.22. The number of halogens is 1. The number of hydrogen-bond donors (Lipinski definition) is 2. The van der Waals surface area contributed by atoms with Gasteiger partial charge in [-0.25, -0.2) is 32.6 Å². The van der Waals surface area contributed by atoms with Crippen LogP contribution in [0.2, 0.25) is 0 Å². The van der Waals surface area contributed by atoms with E-state index in [2.05, 4.69) is 127 Å². The van der Waals surface area contributed by atoms with Gasteiger partial charge in [-0.05, 0) is 116 Å². The summed E-state index contributed by atoms with van der Waals surface area (Å²) in [5.74, 6) is 0. The lowest BCUT2D eigenvalue weighted by Gasteiger charge is -2.41. The Morgan fingerprint density at radius 2 is 1.18 bits per heavy atom. The van der Waals surface area contributed by atoms with Crippen molar-refractivity contribution in [2.75, 3.05) is 22.9 Å². The maximum Gasteiger partial charge on any atom is 0.238 e. The van der Waals surface area contributed by atoms with Gasteiger partial charge in [0.15, 0.2) is 11.3 Å². The van der Waals surface area contributed by atoms with Gasteiger partial charge in [0, 0.05) is 90.1 Å². The van der Waals surface area contributed by atoms with Gasteiger partial charge in [-0.15, -0.1) is 0 Å². The van der Waals surface area contributed by atoms with Crippen molar-refractivity contribution in [1.82, 2.24) is 34.5 Å². The number of primary sulfonamides is 1. The number of fused-ring (bicyclic) bond motifs is 2. The fraction of sp³-hybridized carbons (Fsp3) is 0.302. The Morgan fingerprint density at radius 1 is 0.649 bits per heavy atom. The lowest BCUT2D eigenvalue weighted by Crippen LogP contribution is -2.55. The highest BCUT2D eigenvalue weighted by molar-refractivity contribution is 9.10. The highest BCUT2D eigenvalue weighted by Crippen LogP contribution is 2.32. The van der Waals surface area contributed by atoms with Crippen LogP contribution in [0.1, 0.15) is 47.0 Å². The molecule has 57 heavy (non-hydrogen) atoms. The first-order valence-corrected chi connectivity index (χ1v) is 21.7. The molecule has 14 heteroatoms. The van der Waals surface area contributed by atoms with E-state index < -0.39 is 10.0 Å². The predicted octanol–water partition coefficient (Wildman–Crippen LogP) is 7.82. The Labute approximate surface area is 341 Å². The molecule has 2 saturated heterocycles. The Bertz CT molecular complexity index is 2610. The number of benzene rings is 3. The zero-order valence-electron chi connectivity index (χ0n) is 32.5. The molecule has 294 valence electrons. The van der Waals surface area contributed by atoms with Gasteiger partial charge in [0.25, 0.3) is 0 Å². The number of aromatic nitrogens is 6. The molecule has 7 aromatic rings. The highest BCUT2D eigenvalue weighted by atomic mass is 79.9. The second-order valence-electron chi connectivity index (χ2n) is 15.2. The van der Waals surface area contributed by atoms with Gasteiger partial charge >= 0.3 is 0 Å². The molecule has 9 rings (SSSR count). The minimum absolute atomic E-state index is 0.0594. The minimum Gasteiger partial charge on any atom is -0.366 e. The lowest BCUT2D eigenvalue weighted by atomic mass is 9.96. The van der Waals surface area contributed by atoms with Gasteiger partial charge in [0.1, 0.15) is 0 Å². The van der Waals surface area contributed by atoms with Gasteiger partial charge in [0.2, 0.25) is 10.0 Å². The van der Waals surface area contributed by atoms with Crippen molar-refractivity contribution in [3.8, 4) is 33.4 Å². The summed E-state index contributed by atoms with van der Waals surface area (Å²) < 4.78 is 27.9. The second-order valence-corrected chi connectivity index (χ2v) is 17.7. The largest absolute Gasteiger partial charge is 0.366 e. The Kier molecular flexibility index (Phi) is 10.9. The van der Waals surface area contributed by atoms with Crippen LogP contribution in [-0.4, -0.2) is 74.9 Å². The van der Waals surface area contributed by atoms with Crippen LogP contribution >= 0.6 is 15.9 Å². The normalized spacial score (nSPS) is 20.1. The van der Waals surface area contributed by atoms with Crippen LogP contribution in [-0.2, 0) is 10.0 Å². The predicted molar refractivity (Wildman–Crippen MR) is 231 cm³/mol. The molecule has 0 bridgehead atoms. The number of sulfonamides is 1. The molecule has 2 aliphatic heterocycles. The van der Waals surface area contributed by atoms with Gasteiger partial charge in [-0.3, -0.25) is 0 Å². The first kappa shape index (κ1) is 38.7. The molecule has 2 aliphatic rings. The molecular weight excluding hydrogens is 801 g/mol. The van der Waals surface area contributed by atoms with Crippen molar-refractivity contribution in [3.63, 3.8) is 0 Å². The van der Waals surface area contributed by atoms with Gasteiger partial charge < -0.3 is 15.1 Å². The number of nitrogens with one attached hydrogen (secondary N) is 1. The van der Waals surface area contributed by atoms with Crippen molar-refractivity contribution in [2.24, 2.45) is 5.14 Å². The van der Waals surface area contributed by atoms with E-state index in [1.54, 1.807) is 29.0 Å². The molecule has 2 fully saturated rings. The third kappa shape index (κ3) is 8.04. The van der Waals surface area contributed by atoms with E-state index >= 15 is 0 Å². The van der Waals surface area contributed by atoms with Gasteiger partial charge in [-0.2, -0.15) is 10.2 Å². The Hall–Kier alpha value is -5.15. The summed E-state index contributed by atoms with van der Waals surface area (Å²) in [6, 6.07) is 26.0. The molecule has 0 radical (unpaired) electrons. The molecule has 0 saturated carbocycles. The van der Waals surface area contributed by atoms with Crippen molar-refractivity contribution in [2.45, 2.75) is 76.0 Å². The SMILES string of the molecule is C[C@@H]1CCC[C@H](C)N1c1ccc(-c2cnc3c(Br)cnn3c2)cc1.C[C@@H]1CNC[C@H](C)N1c1ccc(-c2cnc3c(-c4cccc(S(N)(=O)=O)c4)cnn3c2)cc1. The smallest absolute Gasteiger partial charge is 0.238 e. The van der Waals surface area contributed by atoms with Gasteiger partial charge in [-0.1, -0.05) is 36.4 Å². The van der Waals surface area contributed by atoms with Crippen molar-refractivity contribution in [3.05, 3.63) is 114 Å². The molecule has 6 heterocycles. The standard InChI is InChI=1S/C24H26N6O2S.C19H21BrN4/c1-16-11-26-12-17(2)30(16)21-8-6-18(7-9-21)20-13-27-24-23(14-28-29(24)15-20)19-4-3-5-22(10-19)33(25,31)32;1-13-4-3-5-14(2)24(13)17-8-6-15(7-9-17)16-10-21-19-18(20)11-22-23(19)12-16/h3-10,13-17,26H,11-12H2,1-2H3,(H2,25,31,32);6-14H,3-5H2,1-2H3/t16-,17+;13-,14+. The maximum atomic E-state index is 11.7. The molecule has 0 amide bonds. The monoisotopic (exact) mass is 846 g/mol. The molecule has 4 aromatic heterocycles. The van der Waals surface area contributed by atoms with Crippen molar-refractivity contribution in [1.29, 1.82) is 0 Å². The number of hydrogen-bond acceptors (Lipinski definition) is 9. The van der Waals surface area contributed by atoms with Crippen LogP contribution in [0.5, 0.6) is 0 Å². The van der Waals surface area contributed by atoms with E-state index in [-0.39, 0.29) is 4.90 Å². The minimum atomic E-state index is -3.79.